The van der Waals surface area contributed by atoms with Crippen molar-refractivity contribution in [1.29, 1.82) is 0 Å². The Bertz CT molecular complexity index is 559. The van der Waals surface area contributed by atoms with E-state index in [0.29, 0.717) is 23.6 Å². The van der Waals surface area contributed by atoms with Crippen LogP contribution in [0, 0.1) is 13.8 Å². The molecule has 0 atom stereocenters. The standard InChI is InChI=1S/C13H13N3O2/c1-8-12(13(17)18)9(2)16-11(15-8)7-10-3-5-14-6-4-10/h3-6H,7H2,1-2H3,(H,17,18). The number of hydrogen-bond acceptors (Lipinski definition) is 4. The minimum atomic E-state index is -0.986. The van der Waals surface area contributed by atoms with Crippen molar-refractivity contribution in [3.05, 3.63) is 52.9 Å². The molecular weight excluding hydrogens is 230 g/mol. The Morgan fingerprint density at radius 1 is 1.17 bits per heavy atom. The zero-order valence-corrected chi connectivity index (χ0v) is 10.2. The Labute approximate surface area is 105 Å². The second kappa shape index (κ2) is 4.91. The summed E-state index contributed by atoms with van der Waals surface area (Å²) in [5, 5.41) is 9.04. The average molecular weight is 243 g/mol. The van der Waals surface area contributed by atoms with Crippen molar-refractivity contribution >= 4 is 5.97 Å². The first-order valence-corrected chi connectivity index (χ1v) is 5.54. The van der Waals surface area contributed by atoms with Crippen molar-refractivity contribution in [3.8, 4) is 0 Å². The molecular formula is C13H13N3O2. The molecule has 0 radical (unpaired) electrons. The van der Waals surface area contributed by atoms with Crippen LogP contribution in [-0.2, 0) is 6.42 Å². The summed E-state index contributed by atoms with van der Waals surface area (Å²) in [6, 6.07) is 3.78. The highest BCUT2D eigenvalue weighted by molar-refractivity contribution is 5.89. The zero-order valence-electron chi connectivity index (χ0n) is 10.2. The van der Waals surface area contributed by atoms with E-state index < -0.39 is 5.97 Å². The fourth-order valence-corrected chi connectivity index (χ4v) is 1.86. The first-order chi connectivity index (χ1) is 8.58. The number of carbonyl (C=O) groups is 1. The van der Waals surface area contributed by atoms with Gasteiger partial charge in [-0.15, -0.1) is 0 Å². The lowest BCUT2D eigenvalue weighted by atomic mass is 10.1. The summed E-state index contributed by atoms with van der Waals surface area (Å²) in [4.78, 5) is 23.4. The number of rotatable bonds is 3. The molecule has 0 saturated heterocycles. The van der Waals surface area contributed by atoms with Gasteiger partial charge in [-0.3, -0.25) is 4.98 Å². The third-order valence-electron chi connectivity index (χ3n) is 2.64. The van der Waals surface area contributed by atoms with E-state index in [1.54, 1.807) is 26.2 Å². The lowest BCUT2D eigenvalue weighted by molar-refractivity contribution is 0.0694. The number of aromatic carboxylic acids is 1. The highest BCUT2D eigenvalue weighted by atomic mass is 16.4. The molecule has 92 valence electrons. The molecule has 0 unspecified atom stereocenters. The molecule has 2 aromatic rings. The van der Waals surface area contributed by atoms with Gasteiger partial charge in [-0.25, -0.2) is 14.8 Å². The second-order valence-electron chi connectivity index (χ2n) is 4.02. The molecule has 18 heavy (non-hydrogen) atoms. The molecule has 0 bridgehead atoms. The number of aromatic nitrogens is 3. The molecule has 0 aliphatic heterocycles. The molecule has 0 aliphatic carbocycles. The molecule has 0 aromatic carbocycles. The van der Waals surface area contributed by atoms with Gasteiger partial charge in [-0.1, -0.05) is 0 Å². The predicted molar refractivity (Wildman–Crippen MR) is 65.5 cm³/mol. The van der Waals surface area contributed by atoms with Crippen LogP contribution in [0.3, 0.4) is 0 Å². The fraction of sp³-hybridized carbons (Fsp3) is 0.231. The number of carboxylic acid groups (broad SMARTS) is 1. The zero-order chi connectivity index (χ0) is 13.1. The topological polar surface area (TPSA) is 76.0 Å². The van der Waals surface area contributed by atoms with Crippen LogP contribution in [0.2, 0.25) is 0 Å². The average Bonchev–Trinajstić information content (AvgIpc) is 2.28. The highest BCUT2D eigenvalue weighted by Gasteiger charge is 2.14. The summed E-state index contributed by atoms with van der Waals surface area (Å²) >= 11 is 0. The van der Waals surface area contributed by atoms with Crippen molar-refractivity contribution in [2.75, 3.05) is 0 Å². The van der Waals surface area contributed by atoms with Crippen molar-refractivity contribution in [2.45, 2.75) is 20.3 Å². The van der Waals surface area contributed by atoms with Gasteiger partial charge < -0.3 is 5.11 Å². The van der Waals surface area contributed by atoms with E-state index in [9.17, 15) is 4.79 Å². The van der Waals surface area contributed by atoms with Crippen LogP contribution in [0.25, 0.3) is 0 Å². The Morgan fingerprint density at radius 3 is 2.22 bits per heavy atom. The van der Waals surface area contributed by atoms with Crippen LogP contribution in [-0.4, -0.2) is 26.0 Å². The maximum absolute atomic E-state index is 11.0. The van der Waals surface area contributed by atoms with Crippen LogP contribution in [0.5, 0.6) is 0 Å². The van der Waals surface area contributed by atoms with Crippen LogP contribution in [0.15, 0.2) is 24.5 Å². The summed E-state index contributed by atoms with van der Waals surface area (Å²) < 4.78 is 0. The van der Waals surface area contributed by atoms with Crippen LogP contribution in [0.1, 0.15) is 33.1 Å². The fourth-order valence-electron chi connectivity index (χ4n) is 1.86. The molecule has 0 saturated carbocycles. The van der Waals surface area contributed by atoms with Crippen LogP contribution in [0.4, 0.5) is 0 Å². The van der Waals surface area contributed by atoms with Gasteiger partial charge in [-0.05, 0) is 31.5 Å². The van der Waals surface area contributed by atoms with Gasteiger partial charge in [0.2, 0.25) is 0 Å². The minimum Gasteiger partial charge on any atom is -0.478 e. The van der Waals surface area contributed by atoms with Gasteiger partial charge in [0, 0.05) is 18.8 Å². The van der Waals surface area contributed by atoms with Gasteiger partial charge in [0.1, 0.15) is 11.4 Å². The van der Waals surface area contributed by atoms with Gasteiger partial charge >= 0.3 is 5.97 Å². The van der Waals surface area contributed by atoms with E-state index in [1.165, 1.54) is 0 Å². The molecule has 0 amide bonds. The molecule has 1 N–H and O–H groups in total. The van der Waals surface area contributed by atoms with Crippen molar-refractivity contribution in [3.63, 3.8) is 0 Å². The van der Waals surface area contributed by atoms with Crippen molar-refractivity contribution in [1.82, 2.24) is 15.0 Å². The van der Waals surface area contributed by atoms with Gasteiger partial charge in [-0.2, -0.15) is 0 Å². The van der Waals surface area contributed by atoms with Crippen molar-refractivity contribution in [2.24, 2.45) is 0 Å². The Morgan fingerprint density at radius 2 is 1.72 bits per heavy atom. The Hall–Kier alpha value is -2.30. The van der Waals surface area contributed by atoms with E-state index >= 15 is 0 Å². The van der Waals surface area contributed by atoms with E-state index in [2.05, 4.69) is 15.0 Å². The number of nitrogens with zero attached hydrogens (tertiary/aromatic N) is 3. The van der Waals surface area contributed by atoms with Gasteiger partial charge in [0.25, 0.3) is 0 Å². The lowest BCUT2D eigenvalue weighted by Crippen LogP contribution is -2.10. The number of aryl methyl sites for hydroxylation is 2. The first kappa shape index (κ1) is 12.2. The quantitative estimate of drug-likeness (QED) is 0.889. The number of pyridine rings is 1. The third-order valence-corrected chi connectivity index (χ3v) is 2.64. The first-order valence-electron chi connectivity index (χ1n) is 5.54. The predicted octanol–water partition coefficient (Wildman–Crippen LogP) is 1.78. The van der Waals surface area contributed by atoms with E-state index in [0.717, 1.165) is 5.56 Å². The van der Waals surface area contributed by atoms with Crippen LogP contribution >= 0.6 is 0 Å². The number of hydrogen-bond donors (Lipinski definition) is 1. The molecule has 0 spiro atoms. The Kier molecular flexibility index (Phi) is 3.32. The maximum Gasteiger partial charge on any atom is 0.339 e. The molecule has 0 aliphatic rings. The molecule has 5 nitrogen and oxygen atoms in total. The summed E-state index contributed by atoms with van der Waals surface area (Å²) in [6.45, 7) is 3.38. The largest absolute Gasteiger partial charge is 0.478 e. The molecule has 0 fully saturated rings. The van der Waals surface area contributed by atoms with E-state index in [-0.39, 0.29) is 5.56 Å². The monoisotopic (exact) mass is 243 g/mol. The maximum atomic E-state index is 11.0. The molecule has 2 heterocycles. The molecule has 5 heteroatoms. The van der Waals surface area contributed by atoms with Crippen molar-refractivity contribution < 1.29 is 9.90 Å². The highest BCUT2D eigenvalue weighted by Crippen LogP contribution is 2.12. The smallest absolute Gasteiger partial charge is 0.339 e. The normalized spacial score (nSPS) is 10.3. The summed E-state index contributed by atoms with van der Waals surface area (Å²) in [5.41, 5.74) is 2.23. The third kappa shape index (κ3) is 2.51. The van der Waals surface area contributed by atoms with Gasteiger partial charge in [0.15, 0.2) is 0 Å². The summed E-state index contributed by atoms with van der Waals surface area (Å²) in [5.74, 6) is -0.360. The minimum absolute atomic E-state index is 0.188. The molecule has 2 rings (SSSR count). The van der Waals surface area contributed by atoms with Crippen LogP contribution < -0.4 is 0 Å². The second-order valence-corrected chi connectivity index (χ2v) is 4.02. The SMILES string of the molecule is Cc1nc(Cc2ccncc2)nc(C)c1C(=O)O. The van der Waals surface area contributed by atoms with Gasteiger partial charge in [0.05, 0.1) is 11.4 Å². The number of carboxylic acids is 1. The summed E-state index contributed by atoms with van der Waals surface area (Å²) in [7, 11) is 0. The molecule has 2 aromatic heterocycles. The Balaban J connectivity index is 2.34. The van der Waals surface area contributed by atoms with E-state index in [4.69, 9.17) is 5.11 Å². The van der Waals surface area contributed by atoms with E-state index in [1.807, 2.05) is 12.1 Å². The lowest BCUT2D eigenvalue weighted by Gasteiger charge is -2.07. The summed E-state index contributed by atoms with van der Waals surface area (Å²) in [6.07, 6.45) is 3.99.